The normalized spacial score (nSPS) is 10.8. The number of aromatic nitrogens is 3. The summed E-state index contributed by atoms with van der Waals surface area (Å²) in [5.74, 6) is 1.06. The minimum Gasteiger partial charge on any atom is -0.489 e. The summed E-state index contributed by atoms with van der Waals surface area (Å²) < 4.78 is 7.79. The Labute approximate surface area is 169 Å². The second-order valence-electron chi connectivity index (χ2n) is 6.70. The van der Waals surface area contributed by atoms with Gasteiger partial charge in [0.2, 0.25) is 5.95 Å². The van der Waals surface area contributed by atoms with Crippen LogP contribution in [0.15, 0.2) is 73.1 Å². The molecule has 0 saturated heterocycles. The third-order valence-electron chi connectivity index (χ3n) is 4.57. The van der Waals surface area contributed by atoms with E-state index in [9.17, 15) is 4.79 Å². The second-order valence-corrected chi connectivity index (χ2v) is 6.70. The predicted octanol–water partition coefficient (Wildman–Crippen LogP) is 4.67. The van der Waals surface area contributed by atoms with Crippen LogP contribution in [0.25, 0.3) is 11.0 Å². The zero-order valence-electron chi connectivity index (χ0n) is 16.2. The molecule has 29 heavy (non-hydrogen) atoms. The Morgan fingerprint density at radius 2 is 1.90 bits per heavy atom. The number of pyridine rings is 1. The highest BCUT2D eigenvalue weighted by molar-refractivity contribution is 6.04. The molecule has 4 aromatic rings. The maximum absolute atomic E-state index is 12.7. The van der Waals surface area contributed by atoms with Gasteiger partial charge in [-0.05, 0) is 48.9 Å². The summed E-state index contributed by atoms with van der Waals surface area (Å²) in [4.78, 5) is 21.4. The number of fused-ring (bicyclic) bond motifs is 1. The van der Waals surface area contributed by atoms with E-state index in [1.807, 2.05) is 41.0 Å². The van der Waals surface area contributed by atoms with Gasteiger partial charge in [0.05, 0.1) is 11.0 Å². The fraction of sp³-hybridized carbons (Fsp3) is 0.174. The van der Waals surface area contributed by atoms with Crippen molar-refractivity contribution in [3.8, 4) is 5.75 Å². The average Bonchev–Trinajstić information content (AvgIpc) is 3.11. The largest absolute Gasteiger partial charge is 0.489 e. The monoisotopic (exact) mass is 386 g/mol. The highest BCUT2D eigenvalue weighted by atomic mass is 16.5. The van der Waals surface area contributed by atoms with Gasteiger partial charge in [0.15, 0.2) is 0 Å². The van der Waals surface area contributed by atoms with Crippen molar-refractivity contribution in [2.75, 3.05) is 5.32 Å². The molecule has 2 aromatic carbocycles. The number of carbonyl (C=O) groups excluding carboxylic acids is 1. The molecule has 0 aliphatic rings. The Bertz CT molecular complexity index is 1100. The van der Waals surface area contributed by atoms with Crippen LogP contribution in [0, 0.1) is 0 Å². The number of nitrogens with zero attached hydrogens (tertiary/aromatic N) is 3. The predicted molar refractivity (Wildman–Crippen MR) is 113 cm³/mol. The Kier molecular flexibility index (Phi) is 5.52. The van der Waals surface area contributed by atoms with Crippen molar-refractivity contribution >= 4 is 22.9 Å². The summed E-state index contributed by atoms with van der Waals surface area (Å²) in [6.07, 6.45) is 4.45. The molecule has 6 nitrogen and oxygen atoms in total. The van der Waals surface area contributed by atoms with Gasteiger partial charge in [-0.25, -0.2) is 4.98 Å². The van der Waals surface area contributed by atoms with Crippen LogP contribution < -0.4 is 10.1 Å². The molecule has 2 heterocycles. The number of carbonyl (C=O) groups is 1. The van der Waals surface area contributed by atoms with Gasteiger partial charge < -0.3 is 9.30 Å². The topological polar surface area (TPSA) is 69.0 Å². The molecule has 0 bridgehead atoms. The van der Waals surface area contributed by atoms with Gasteiger partial charge in [-0.2, -0.15) is 0 Å². The van der Waals surface area contributed by atoms with Gasteiger partial charge in [-0.1, -0.05) is 25.1 Å². The number of aryl methyl sites for hydroxylation is 1. The van der Waals surface area contributed by atoms with Crippen LogP contribution in [0.5, 0.6) is 5.75 Å². The highest BCUT2D eigenvalue weighted by Gasteiger charge is 2.14. The summed E-state index contributed by atoms with van der Waals surface area (Å²) in [6, 6.07) is 18.8. The Hall–Kier alpha value is -3.67. The molecule has 0 atom stereocenters. The lowest BCUT2D eigenvalue weighted by Gasteiger charge is -2.10. The molecule has 0 radical (unpaired) electrons. The van der Waals surface area contributed by atoms with Crippen molar-refractivity contribution in [3.63, 3.8) is 0 Å². The molecule has 1 N–H and O–H groups in total. The third kappa shape index (κ3) is 4.27. The van der Waals surface area contributed by atoms with Gasteiger partial charge in [0, 0.05) is 30.1 Å². The van der Waals surface area contributed by atoms with Crippen LogP contribution in [-0.2, 0) is 13.2 Å². The molecular weight excluding hydrogens is 364 g/mol. The van der Waals surface area contributed by atoms with Crippen molar-refractivity contribution in [2.24, 2.45) is 0 Å². The first-order chi connectivity index (χ1) is 14.2. The number of imidazole rings is 1. The first kappa shape index (κ1) is 18.7. The van der Waals surface area contributed by atoms with Crippen LogP contribution in [0.2, 0.25) is 0 Å². The first-order valence-corrected chi connectivity index (χ1v) is 9.63. The van der Waals surface area contributed by atoms with Crippen LogP contribution in [-0.4, -0.2) is 20.4 Å². The summed E-state index contributed by atoms with van der Waals surface area (Å²) in [6.45, 7) is 3.32. The molecule has 0 fully saturated rings. The molecular formula is C23H22N4O2. The van der Waals surface area contributed by atoms with E-state index in [0.29, 0.717) is 23.9 Å². The molecule has 146 valence electrons. The van der Waals surface area contributed by atoms with E-state index in [-0.39, 0.29) is 5.91 Å². The number of amides is 1. The van der Waals surface area contributed by atoms with Crippen molar-refractivity contribution in [3.05, 3.63) is 84.2 Å². The number of anilines is 1. The van der Waals surface area contributed by atoms with Crippen molar-refractivity contribution in [2.45, 2.75) is 26.5 Å². The summed E-state index contributed by atoms with van der Waals surface area (Å²) in [5.41, 5.74) is 3.43. The fourth-order valence-corrected chi connectivity index (χ4v) is 3.15. The zero-order valence-corrected chi connectivity index (χ0v) is 16.2. The van der Waals surface area contributed by atoms with Gasteiger partial charge >= 0.3 is 0 Å². The number of para-hydroxylation sites is 2. The van der Waals surface area contributed by atoms with E-state index in [4.69, 9.17) is 4.74 Å². The van der Waals surface area contributed by atoms with E-state index in [0.717, 1.165) is 29.6 Å². The molecule has 6 heteroatoms. The first-order valence-electron chi connectivity index (χ1n) is 9.63. The minimum atomic E-state index is -0.198. The number of benzene rings is 2. The molecule has 0 aliphatic carbocycles. The Morgan fingerprint density at radius 3 is 2.66 bits per heavy atom. The van der Waals surface area contributed by atoms with Crippen LogP contribution in [0.3, 0.4) is 0 Å². The number of ether oxygens (including phenoxy) is 1. The van der Waals surface area contributed by atoms with Crippen molar-refractivity contribution < 1.29 is 9.53 Å². The van der Waals surface area contributed by atoms with Crippen molar-refractivity contribution in [1.82, 2.24) is 14.5 Å². The fourth-order valence-electron chi connectivity index (χ4n) is 3.15. The highest BCUT2D eigenvalue weighted by Crippen LogP contribution is 2.21. The van der Waals surface area contributed by atoms with Crippen LogP contribution in [0.4, 0.5) is 5.95 Å². The quantitative estimate of drug-likeness (QED) is 0.501. The molecule has 0 unspecified atom stereocenters. The summed E-state index contributed by atoms with van der Waals surface area (Å²) in [7, 11) is 0. The summed E-state index contributed by atoms with van der Waals surface area (Å²) in [5, 5.41) is 2.94. The molecule has 4 rings (SSSR count). The van der Waals surface area contributed by atoms with Crippen molar-refractivity contribution in [1.29, 1.82) is 0 Å². The van der Waals surface area contributed by atoms with E-state index in [1.54, 1.807) is 36.7 Å². The number of rotatable bonds is 7. The molecule has 1 amide bonds. The molecule has 0 spiro atoms. The molecule has 2 aromatic heterocycles. The van der Waals surface area contributed by atoms with E-state index in [2.05, 4.69) is 22.2 Å². The van der Waals surface area contributed by atoms with E-state index >= 15 is 0 Å². The molecule has 0 saturated carbocycles. The Balaban J connectivity index is 1.46. The standard InChI is InChI=1S/C23H22N4O2/c1-2-14-27-21-8-4-3-7-20(21)25-23(27)26-22(28)18-9-11-19(12-10-18)29-16-17-6-5-13-24-15-17/h3-13,15H,2,14,16H2,1H3,(H,25,26,28). The molecule has 0 aliphatic heterocycles. The number of hydrogen-bond donors (Lipinski definition) is 1. The van der Waals surface area contributed by atoms with E-state index in [1.165, 1.54) is 0 Å². The van der Waals surface area contributed by atoms with E-state index < -0.39 is 0 Å². The maximum Gasteiger partial charge on any atom is 0.257 e. The minimum absolute atomic E-state index is 0.198. The number of hydrogen-bond acceptors (Lipinski definition) is 4. The third-order valence-corrected chi connectivity index (χ3v) is 4.57. The van der Waals surface area contributed by atoms with Gasteiger partial charge in [0.25, 0.3) is 5.91 Å². The van der Waals surface area contributed by atoms with Crippen LogP contribution in [0.1, 0.15) is 29.3 Å². The lowest BCUT2D eigenvalue weighted by atomic mass is 10.2. The lowest BCUT2D eigenvalue weighted by molar-refractivity contribution is 0.102. The van der Waals surface area contributed by atoms with Gasteiger partial charge in [-0.15, -0.1) is 0 Å². The Morgan fingerprint density at radius 1 is 1.07 bits per heavy atom. The lowest BCUT2D eigenvalue weighted by Crippen LogP contribution is -2.16. The second kappa shape index (κ2) is 8.56. The zero-order chi connectivity index (χ0) is 20.1. The average molecular weight is 386 g/mol. The SMILES string of the molecule is CCCn1c(NC(=O)c2ccc(OCc3cccnc3)cc2)nc2ccccc21. The van der Waals surface area contributed by atoms with Gasteiger partial charge in [-0.3, -0.25) is 15.1 Å². The smallest absolute Gasteiger partial charge is 0.257 e. The van der Waals surface area contributed by atoms with Crippen LogP contribution >= 0.6 is 0 Å². The number of nitrogens with one attached hydrogen (secondary N) is 1. The van der Waals surface area contributed by atoms with Gasteiger partial charge in [0.1, 0.15) is 12.4 Å². The maximum atomic E-state index is 12.7. The summed E-state index contributed by atoms with van der Waals surface area (Å²) >= 11 is 0.